The van der Waals surface area contributed by atoms with Crippen LogP contribution in [-0.4, -0.2) is 31.7 Å². The van der Waals surface area contributed by atoms with E-state index in [1.807, 2.05) is 26.0 Å². The highest BCUT2D eigenvalue weighted by molar-refractivity contribution is 9.10. The van der Waals surface area contributed by atoms with E-state index in [4.69, 9.17) is 4.74 Å². The van der Waals surface area contributed by atoms with Crippen molar-refractivity contribution in [2.24, 2.45) is 0 Å². The molecule has 1 fully saturated rings. The van der Waals surface area contributed by atoms with Crippen molar-refractivity contribution in [1.82, 2.24) is 5.32 Å². The van der Waals surface area contributed by atoms with Gasteiger partial charge in [0.15, 0.2) is 0 Å². The number of halogens is 2. The Labute approximate surface area is 140 Å². The summed E-state index contributed by atoms with van der Waals surface area (Å²) in [6.07, 6.45) is 1.40. The number of carbonyl (C=O) groups excluding carboxylic acids is 1. The van der Waals surface area contributed by atoms with Crippen molar-refractivity contribution in [2.45, 2.75) is 32.3 Å². The van der Waals surface area contributed by atoms with Crippen LogP contribution in [0.4, 0.5) is 5.69 Å². The quantitative estimate of drug-likeness (QED) is 0.850. The molecule has 2 rings (SSSR count). The van der Waals surface area contributed by atoms with E-state index in [1.54, 1.807) is 7.11 Å². The van der Waals surface area contributed by atoms with Gasteiger partial charge in [0.2, 0.25) is 0 Å². The van der Waals surface area contributed by atoms with Gasteiger partial charge in [-0.2, -0.15) is 0 Å². The Balaban J connectivity index is 0.00000220. The summed E-state index contributed by atoms with van der Waals surface area (Å²) in [7, 11) is 1.61. The Bertz CT molecular complexity index is 493. The zero-order valence-corrected chi connectivity index (χ0v) is 15.0. The number of ether oxygens (including phenoxy) is 1. The van der Waals surface area contributed by atoms with Gasteiger partial charge in [-0.25, -0.2) is 0 Å². The van der Waals surface area contributed by atoms with Crippen molar-refractivity contribution >= 4 is 39.9 Å². The van der Waals surface area contributed by atoms with Crippen molar-refractivity contribution in [1.29, 1.82) is 0 Å². The molecule has 21 heavy (non-hydrogen) atoms. The minimum absolute atomic E-state index is 0. The fourth-order valence-electron chi connectivity index (χ4n) is 2.62. The van der Waals surface area contributed by atoms with Crippen LogP contribution in [0.25, 0.3) is 0 Å². The summed E-state index contributed by atoms with van der Waals surface area (Å²) in [6.45, 7) is 5.64. The van der Waals surface area contributed by atoms with E-state index < -0.39 is 5.60 Å². The molecule has 4 nitrogen and oxygen atoms in total. The number of benzene rings is 1. The summed E-state index contributed by atoms with van der Waals surface area (Å²) in [5.74, 6) is -0.0531. The van der Waals surface area contributed by atoms with Crippen LogP contribution in [0.1, 0.15) is 24.0 Å². The predicted molar refractivity (Wildman–Crippen MR) is 91.3 cm³/mol. The van der Waals surface area contributed by atoms with Crippen LogP contribution in [-0.2, 0) is 9.53 Å². The lowest BCUT2D eigenvalue weighted by Gasteiger charge is -2.34. The molecule has 0 aromatic heterocycles. The number of methoxy groups -OCH3 is 1. The van der Waals surface area contributed by atoms with Crippen LogP contribution >= 0.6 is 28.3 Å². The van der Waals surface area contributed by atoms with E-state index in [2.05, 4.69) is 26.6 Å². The standard InChI is InChI=1S/C15H21BrN2O2.ClH/c1-10-8-12(9-11(2)13(10)16)18-14(19)15(20-3)4-6-17-7-5-15;/h8-9,17H,4-7H2,1-3H3,(H,18,19);1H. The third-order valence-corrected chi connectivity index (χ3v) is 5.16. The molecule has 2 N–H and O–H groups in total. The van der Waals surface area contributed by atoms with E-state index in [1.165, 1.54) is 0 Å². The van der Waals surface area contributed by atoms with Crippen molar-refractivity contribution < 1.29 is 9.53 Å². The molecule has 1 aromatic rings. The average molecular weight is 378 g/mol. The zero-order chi connectivity index (χ0) is 14.8. The molecule has 1 amide bonds. The van der Waals surface area contributed by atoms with Gasteiger partial charge in [0.05, 0.1) is 0 Å². The minimum Gasteiger partial charge on any atom is -0.368 e. The molecule has 0 unspecified atom stereocenters. The number of carbonyl (C=O) groups is 1. The molecular formula is C15H22BrClN2O2. The molecule has 0 spiro atoms. The van der Waals surface area contributed by atoms with Gasteiger partial charge < -0.3 is 15.4 Å². The van der Waals surface area contributed by atoms with Gasteiger partial charge in [-0.05, 0) is 63.0 Å². The second kappa shape index (κ2) is 7.58. The maximum atomic E-state index is 12.6. The molecule has 6 heteroatoms. The Morgan fingerprint density at radius 3 is 2.29 bits per heavy atom. The summed E-state index contributed by atoms with van der Waals surface area (Å²) in [5.41, 5.74) is 2.33. The Kier molecular flexibility index (Phi) is 6.66. The lowest BCUT2D eigenvalue weighted by molar-refractivity contribution is -0.140. The average Bonchev–Trinajstić information content (AvgIpc) is 2.45. The molecule has 1 heterocycles. The first kappa shape index (κ1) is 18.4. The molecule has 1 aliphatic rings. The van der Waals surface area contributed by atoms with E-state index in [0.29, 0.717) is 12.8 Å². The zero-order valence-electron chi connectivity index (χ0n) is 12.6. The highest BCUT2D eigenvalue weighted by Crippen LogP contribution is 2.28. The van der Waals surface area contributed by atoms with Crippen LogP contribution in [0.5, 0.6) is 0 Å². The number of piperidine rings is 1. The molecular weight excluding hydrogens is 356 g/mol. The van der Waals surface area contributed by atoms with Crippen LogP contribution in [0.2, 0.25) is 0 Å². The van der Waals surface area contributed by atoms with E-state index in [-0.39, 0.29) is 18.3 Å². The van der Waals surface area contributed by atoms with Gasteiger partial charge in [0.25, 0.3) is 5.91 Å². The second-order valence-electron chi connectivity index (χ2n) is 5.33. The topological polar surface area (TPSA) is 50.4 Å². The van der Waals surface area contributed by atoms with Crippen molar-refractivity contribution in [3.05, 3.63) is 27.7 Å². The minimum atomic E-state index is -0.708. The summed E-state index contributed by atoms with van der Waals surface area (Å²) in [5, 5.41) is 6.25. The highest BCUT2D eigenvalue weighted by Gasteiger charge is 2.39. The van der Waals surface area contributed by atoms with Crippen molar-refractivity contribution in [2.75, 3.05) is 25.5 Å². The second-order valence-corrected chi connectivity index (χ2v) is 6.12. The van der Waals surface area contributed by atoms with Crippen LogP contribution in [0.15, 0.2) is 16.6 Å². The van der Waals surface area contributed by atoms with Gasteiger partial charge in [0.1, 0.15) is 5.60 Å². The van der Waals surface area contributed by atoms with Gasteiger partial charge in [-0.1, -0.05) is 15.9 Å². The highest BCUT2D eigenvalue weighted by atomic mass is 79.9. The molecule has 1 aromatic carbocycles. The van der Waals surface area contributed by atoms with Gasteiger partial charge >= 0.3 is 0 Å². The fourth-order valence-corrected chi connectivity index (χ4v) is 2.85. The van der Waals surface area contributed by atoms with E-state index in [0.717, 1.165) is 34.4 Å². The first-order valence-electron chi connectivity index (χ1n) is 6.82. The largest absolute Gasteiger partial charge is 0.368 e. The first-order chi connectivity index (χ1) is 9.48. The summed E-state index contributed by atoms with van der Waals surface area (Å²) < 4.78 is 6.62. The Hall–Kier alpha value is -0.620. The lowest BCUT2D eigenvalue weighted by atomic mass is 9.91. The summed E-state index contributed by atoms with van der Waals surface area (Å²) in [6, 6.07) is 3.94. The Morgan fingerprint density at radius 1 is 1.29 bits per heavy atom. The van der Waals surface area contributed by atoms with Crippen molar-refractivity contribution in [3.8, 4) is 0 Å². The summed E-state index contributed by atoms with van der Waals surface area (Å²) >= 11 is 3.53. The molecule has 0 radical (unpaired) electrons. The van der Waals surface area contributed by atoms with Crippen molar-refractivity contribution in [3.63, 3.8) is 0 Å². The molecule has 118 valence electrons. The smallest absolute Gasteiger partial charge is 0.256 e. The van der Waals surface area contributed by atoms with Gasteiger partial charge in [-0.15, -0.1) is 12.4 Å². The van der Waals surface area contributed by atoms with Crippen LogP contribution in [0, 0.1) is 13.8 Å². The summed E-state index contributed by atoms with van der Waals surface area (Å²) in [4.78, 5) is 12.6. The number of anilines is 1. The van der Waals surface area contributed by atoms with Gasteiger partial charge in [0, 0.05) is 17.3 Å². The normalized spacial score (nSPS) is 17.0. The number of rotatable bonds is 3. The third-order valence-electron chi connectivity index (χ3n) is 3.91. The SMILES string of the molecule is COC1(C(=O)Nc2cc(C)c(Br)c(C)c2)CCNCC1.Cl. The maximum Gasteiger partial charge on any atom is 0.256 e. The molecule has 0 atom stereocenters. The fraction of sp³-hybridized carbons (Fsp3) is 0.533. The number of amides is 1. The molecule has 1 saturated heterocycles. The number of nitrogens with one attached hydrogen (secondary N) is 2. The molecule has 0 saturated carbocycles. The van der Waals surface area contributed by atoms with Gasteiger partial charge in [-0.3, -0.25) is 4.79 Å². The third kappa shape index (κ3) is 3.97. The number of hydrogen-bond acceptors (Lipinski definition) is 3. The molecule has 0 bridgehead atoms. The number of aryl methyl sites for hydroxylation is 2. The maximum absolute atomic E-state index is 12.6. The van der Waals surface area contributed by atoms with Crippen LogP contribution in [0.3, 0.4) is 0 Å². The van der Waals surface area contributed by atoms with E-state index in [9.17, 15) is 4.79 Å². The van der Waals surface area contributed by atoms with E-state index >= 15 is 0 Å². The monoisotopic (exact) mass is 376 g/mol. The molecule has 0 aliphatic carbocycles. The molecule has 1 aliphatic heterocycles. The first-order valence-corrected chi connectivity index (χ1v) is 7.62. The Morgan fingerprint density at radius 2 is 1.81 bits per heavy atom. The lowest BCUT2D eigenvalue weighted by Crippen LogP contribution is -2.51. The number of hydrogen-bond donors (Lipinski definition) is 2. The predicted octanol–water partition coefficient (Wildman–Crippen LogP) is 3.19. The van der Waals surface area contributed by atoms with Crippen LogP contribution < -0.4 is 10.6 Å².